The summed E-state index contributed by atoms with van der Waals surface area (Å²) in [5, 5.41) is 2.94. The smallest absolute Gasteiger partial charge is 0.235 e. The number of aliphatic imine (C=N–C) groups is 1. The predicted octanol–water partition coefficient (Wildman–Crippen LogP) is 3.71. The van der Waals surface area contributed by atoms with E-state index in [1.807, 2.05) is 42.5 Å². The number of methoxy groups -OCH3 is 2. The summed E-state index contributed by atoms with van der Waals surface area (Å²) in [5.41, 5.74) is 2.93. The van der Waals surface area contributed by atoms with Crippen molar-refractivity contribution < 1.29 is 14.3 Å². The third-order valence-electron chi connectivity index (χ3n) is 4.74. The lowest BCUT2D eigenvalue weighted by Gasteiger charge is -2.31. The van der Waals surface area contributed by atoms with Crippen molar-refractivity contribution in [3.63, 3.8) is 0 Å². The van der Waals surface area contributed by atoms with Gasteiger partial charge in [0.05, 0.1) is 25.7 Å². The molecule has 1 amide bonds. The molecule has 0 bridgehead atoms. The number of nitrogens with one attached hydrogen (secondary N) is 1. The number of amides is 1. The molecule has 1 atom stereocenters. The van der Waals surface area contributed by atoms with E-state index in [-0.39, 0.29) is 11.8 Å². The number of ether oxygens (including phenoxy) is 2. The molecule has 0 spiro atoms. The van der Waals surface area contributed by atoms with E-state index in [1.54, 1.807) is 26.0 Å². The molecule has 0 aliphatic carbocycles. The topological polar surface area (TPSA) is 59.9 Å². The number of carbonyl (C=O) groups excluding carboxylic acids is 1. The number of para-hydroxylation sites is 2. The number of nitrogens with zero attached hydrogens (tertiary/aromatic N) is 1. The Hall–Kier alpha value is -2.73. The first-order valence-electron chi connectivity index (χ1n) is 8.72. The van der Waals surface area contributed by atoms with Gasteiger partial charge < -0.3 is 14.8 Å². The lowest BCUT2D eigenvalue weighted by Crippen LogP contribution is -2.33. The molecule has 4 rings (SSSR count). The van der Waals surface area contributed by atoms with Crippen LogP contribution >= 0.6 is 11.8 Å². The molecule has 6 heteroatoms. The molecular weight excluding hydrogens is 360 g/mol. The molecule has 0 saturated heterocycles. The van der Waals surface area contributed by atoms with E-state index in [4.69, 9.17) is 14.5 Å². The Morgan fingerprint density at radius 1 is 1.04 bits per heavy atom. The Balaban J connectivity index is 1.84. The standard InChI is InChI=1S/C21H20N2O3S/c1-25-17-9-5-3-7-13(17)15-11-16(14-8-4-6-10-18(14)26-2)22-21-20(15)27-12-19(24)23-21/h3-10,15H,11-12H2,1-2H3,(H,23,24). The first kappa shape index (κ1) is 17.7. The van der Waals surface area contributed by atoms with Crippen LogP contribution in [0, 0.1) is 0 Å². The predicted molar refractivity (Wildman–Crippen MR) is 108 cm³/mol. The highest BCUT2D eigenvalue weighted by atomic mass is 32.2. The Kier molecular flexibility index (Phi) is 4.90. The molecule has 0 radical (unpaired) electrons. The first-order valence-corrected chi connectivity index (χ1v) is 9.70. The molecular formula is C21H20N2O3S. The maximum atomic E-state index is 12.0. The van der Waals surface area contributed by atoms with Crippen molar-refractivity contribution in [2.24, 2.45) is 4.99 Å². The van der Waals surface area contributed by atoms with Crippen LogP contribution in [0.5, 0.6) is 11.5 Å². The van der Waals surface area contributed by atoms with Crippen LogP contribution in [0.4, 0.5) is 0 Å². The fourth-order valence-corrected chi connectivity index (χ4v) is 4.52. The number of hydrogen-bond acceptors (Lipinski definition) is 5. The minimum atomic E-state index is -0.0254. The van der Waals surface area contributed by atoms with Crippen molar-refractivity contribution in [2.75, 3.05) is 20.0 Å². The molecule has 2 aromatic carbocycles. The molecule has 27 heavy (non-hydrogen) atoms. The van der Waals surface area contributed by atoms with Gasteiger partial charge in [-0.15, -0.1) is 11.8 Å². The van der Waals surface area contributed by atoms with Crippen molar-refractivity contribution in [2.45, 2.75) is 12.3 Å². The van der Waals surface area contributed by atoms with E-state index < -0.39 is 0 Å². The zero-order valence-corrected chi connectivity index (χ0v) is 16.0. The van der Waals surface area contributed by atoms with Crippen molar-refractivity contribution in [1.29, 1.82) is 0 Å². The summed E-state index contributed by atoms with van der Waals surface area (Å²) in [6.07, 6.45) is 0.711. The largest absolute Gasteiger partial charge is 0.496 e. The summed E-state index contributed by atoms with van der Waals surface area (Å²) in [7, 11) is 3.34. The maximum absolute atomic E-state index is 12.0. The second kappa shape index (κ2) is 7.48. The van der Waals surface area contributed by atoms with Crippen molar-refractivity contribution >= 4 is 23.4 Å². The van der Waals surface area contributed by atoms with Crippen LogP contribution in [0.15, 0.2) is 64.2 Å². The van der Waals surface area contributed by atoms with Crippen molar-refractivity contribution in [3.8, 4) is 11.5 Å². The normalized spacial score (nSPS) is 19.1. The highest BCUT2D eigenvalue weighted by molar-refractivity contribution is 8.03. The molecule has 5 nitrogen and oxygen atoms in total. The second-order valence-electron chi connectivity index (χ2n) is 6.31. The molecule has 0 aromatic heterocycles. The summed E-state index contributed by atoms with van der Waals surface area (Å²) < 4.78 is 11.1. The third kappa shape index (κ3) is 3.32. The second-order valence-corrected chi connectivity index (χ2v) is 7.32. The molecule has 2 aliphatic heterocycles. The average molecular weight is 380 g/mol. The Labute approximate surface area is 162 Å². The summed E-state index contributed by atoms with van der Waals surface area (Å²) in [4.78, 5) is 17.8. The van der Waals surface area contributed by atoms with Gasteiger partial charge in [0.1, 0.15) is 17.3 Å². The monoisotopic (exact) mass is 380 g/mol. The van der Waals surface area contributed by atoms with Crippen LogP contribution in [0.3, 0.4) is 0 Å². The van der Waals surface area contributed by atoms with Gasteiger partial charge in [0, 0.05) is 28.4 Å². The lowest BCUT2D eigenvalue weighted by atomic mass is 9.87. The van der Waals surface area contributed by atoms with Gasteiger partial charge in [0.25, 0.3) is 0 Å². The highest BCUT2D eigenvalue weighted by Gasteiger charge is 2.33. The fourth-order valence-electron chi connectivity index (χ4n) is 3.52. The van der Waals surface area contributed by atoms with E-state index >= 15 is 0 Å². The number of benzene rings is 2. The molecule has 1 unspecified atom stereocenters. The summed E-state index contributed by atoms with van der Waals surface area (Å²) in [6.45, 7) is 0. The average Bonchev–Trinajstić information content (AvgIpc) is 2.72. The van der Waals surface area contributed by atoms with E-state index in [0.29, 0.717) is 18.0 Å². The summed E-state index contributed by atoms with van der Waals surface area (Å²) in [5.74, 6) is 2.70. The van der Waals surface area contributed by atoms with E-state index in [9.17, 15) is 4.79 Å². The van der Waals surface area contributed by atoms with Crippen LogP contribution in [0.2, 0.25) is 0 Å². The Bertz CT molecular complexity index is 952. The van der Waals surface area contributed by atoms with Crippen LogP contribution in [0.25, 0.3) is 0 Å². The number of rotatable bonds is 4. The summed E-state index contributed by atoms with van der Waals surface area (Å²) >= 11 is 1.56. The zero-order valence-electron chi connectivity index (χ0n) is 15.2. The first-order chi connectivity index (χ1) is 13.2. The quantitative estimate of drug-likeness (QED) is 0.878. The van der Waals surface area contributed by atoms with Gasteiger partial charge in [-0.3, -0.25) is 4.79 Å². The maximum Gasteiger partial charge on any atom is 0.235 e. The molecule has 138 valence electrons. The van der Waals surface area contributed by atoms with Gasteiger partial charge in [-0.25, -0.2) is 4.99 Å². The number of thioether (sulfide) groups is 1. The number of carbonyl (C=O) groups is 1. The fraction of sp³-hybridized carbons (Fsp3) is 0.238. The van der Waals surface area contributed by atoms with Gasteiger partial charge in [-0.1, -0.05) is 30.3 Å². The minimum Gasteiger partial charge on any atom is -0.496 e. The van der Waals surface area contributed by atoms with E-state index in [0.717, 1.165) is 33.2 Å². The van der Waals surface area contributed by atoms with Crippen molar-refractivity contribution in [1.82, 2.24) is 5.32 Å². The van der Waals surface area contributed by atoms with E-state index in [2.05, 4.69) is 11.4 Å². The lowest BCUT2D eigenvalue weighted by molar-refractivity contribution is -0.118. The Morgan fingerprint density at radius 3 is 2.52 bits per heavy atom. The van der Waals surface area contributed by atoms with Gasteiger partial charge in [-0.05, 0) is 18.2 Å². The molecule has 0 saturated carbocycles. The van der Waals surface area contributed by atoms with Crippen LogP contribution in [-0.2, 0) is 4.79 Å². The summed E-state index contributed by atoms with van der Waals surface area (Å²) in [6, 6.07) is 15.9. The van der Waals surface area contributed by atoms with Gasteiger partial charge >= 0.3 is 0 Å². The number of hydrogen-bond donors (Lipinski definition) is 1. The molecule has 2 aromatic rings. The van der Waals surface area contributed by atoms with Gasteiger partial charge in [0.2, 0.25) is 5.91 Å². The zero-order chi connectivity index (χ0) is 18.8. The van der Waals surface area contributed by atoms with Crippen molar-refractivity contribution in [3.05, 3.63) is 70.4 Å². The van der Waals surface area contributed by atoms with Gasteiger partial charge in [0.15, 0.2) is 0 Å². The van der Waals surface area contributed by atoms with Crippen LogP contribution in [-0.4, -0.2) is 31.6 Å². The highest BCUT2D eigenvalue weighted by Crippen LogP contribution is 2.45. The molecule has 2 heterocycles. The van der Waals surface area contributed by atoms with Crippen LogP contribution < -0.4 is 14.8 Å². The Morgan fingerprint density at radius 2 is 1.74 bits per heavy atom. The minimum absolute atomic E-state index is 0.0254. The van der Waals surface area contributed by atoms with Crippen LogP contribution in [0.1, 0.15) is 23.5 Å². The van der Waals surface area contributed by atoms with Gasteiger partial charge in [-0.2, -0.15) is 0 Å². The molecule has 2 aliphatic rings. The van der Waals surface area contributed by atoms with E-state index in [1.165, 1.54) is 0 Å². The molecule has 1 N–H and O–H groups in total. The SMILES string of the molecule is COc1ccccc1C1=NC2=C(SCC(=O)N2)C(c2ccccc2OC)C1. The molecule has 0 fully saturated rings. The third-order valence-corrected chi connectivity index (χ3v) is 5.94. The number of allylic oxidation sites excluding steroid dienone is 1.